The quantitative estimate of drug-likeness (QED) is 0.0212. The van der Waals surface area contributed by atoms with E-state index in [1.165, 1.54) is 0 Å². The van der Waals surface area contributed by atoms with Crippen LogP contribution < -0.4 is 30.6 Å². The first-order valence-corrected chi connectivity index (χ1v) is 28.5. The summed E-state index contributed by atoms with van der Waals surface area (Å²) in [6.07, 6.45) is 17.8. The number of benzene rings is 6. The van der Waals surface area contributed by atoms with Gasteiger partial charge in [-0.15, -0.1) is 0 Å². The van der Waals surface area contributed by atoms with E-state index in [1.807, 2.05) is 36.4 Å². The summed E-state index contributed by atoms with van der Waals surface area (Å²) in [5, 5.41) is 71.5. The third-order valence-corrected chi connectivity index (χ3v) is 12.9. The van der Waals surface area contributed by atoms with Crippen molar-refractivity contribution in [2.45, 2.75) is 116 Å². The minimum Gasteiger partial charge on any atom is -0.872 e. The minimum atomic E-state index is -0.269. The van der Waals surface area contributed by atoms with Gasteiger partial charge >= 0.3 is 81.7 Å². The molecule has 0 unspecified atom stereocenters. The molecule has 6 aromatic rings. The molecule has 0 spiro atoms. The first-order valence-electron chi connectivity index (χ1n) is 28.5. The predicted octanol–water partition coefficient (Wildman–Crippen LogP) is 9.80. The van der Waals surface area contributed by atoms with Crippen molar-refractivity contribution >= 4 is 69.3 Å². The second kappa shape index (κ2) is 45.6. The van der Waals surface area contributed by atoms with Crippen molar-refractivity contribution in [3.63, 3.8) is 0 Å². The van der Waals surface area contributed by atoms with Crippen LogP contribution in [0.3, 0.4) is 0 Å². The number of hydrogen-bond donors (Lipinski definition) is 0. The van der Waals surface area contributed by atoms with Crippen molar-refractivity contribution in [1.29, 1.82) is 0 Å². The maximum Gasteiger partial charge on any atom is 3.00 e. The summed E-state index contributed by atoms with van der Waals surface area (Å²) in [5.74, 6) is -2.66. The number of unbranched alkanes of at least 4 members (excludes halogenated alkanes) is 9. The normalized spacial score (nSPS) is 11.7. The molecule has 0 heterocycles. The Bertz CT molecular complexity index is 2600. The van der Waals surface area contributed by atoms with Gasteiger partial charge < -0.3 is 30.6 Å². The SMILES string of the molecule is O=C(/C=C(\[O-])c1ccccc1)CCCCCCC(=O)/C=C(\[O-])c1ccccc1.O=C(C=C([O-])c1ccccc1)CCCCCCC(=O)/C=C(\[O-])c1ccccc1.O=C(C=C([O-])c1ccccc1)CCCCCCC(=O)C=C([O-])c1ccccc1.[Nd+3].[Nd+3]. The molecule has 0 N–H and O–H groups in total. The van der Waals surface area contributed by atoms with E-state index in [0.717, 1.165) is 75.0 Å². The Labute approximate surface area is 572 Å². The molecule has 0 saturated carbocycles. The molecule has 14 heteroatoms. The van der Waals surface area contributed by atoms with E-state index >= 15 is 0 Å². The van der Waals surface area contributed by atoms with Gasteiger partial charge in [-0.3, -0.25) is 28.8 Å². The minimum absolute atomic E-state index is 0. The van der Waals surface area contributed by atoms with Gasteiger partial charge in [-0.2, -0.15) is 0 Å². The molecule has 0 amide bonds. The number of allylic oxidation sites excluding steroid dienone is 6. The van der Waals surface area contributed by atoms with E-state index in [0.29, 0.717) is 110 Å². The number of ketones is 6. The monoisotopic (exact) mass is 1410 g/mol. The van der Waals surface area contributed by atoms with Gasteiger partial charge in [0.05, 0.1) is 0 Å². The van der Waals surface area contributed by atoms with E-state index < -0.39 is 0 Å². The number of carbonyl (C=O) groups excluding carboxylic acids is 6. The molecule has 6 rings (SSSR count). The summed E-state index contributed by atoms with van der Waals surface area (Å²) in [6, 6.07) is 52.2. The molecule has 0 aromatic heterocycles. The van der Waals surface area contributed by atoms with Gasteiger partial charge in [0, 0.05) is 38.5 Å². The topological polar surface area (TPSA) is 241 Å². The molecular formula is C72H72Nd2O12. The maximum atomic E-state index is 11.9. The van der Waals surface area contributed by atoms with Crippen LogP contribution in [0.2, 0.25) is 0 Å². The largest absolute Gasteiger partial charge is 3.00 e. The third kappa shape index (κ3) is 33.3. The Morgan fingerprint density at radius 2 is 0.326 bits per heavy atom. The molecule has 0 aliphatic rings. The second-order valence-electron chi connectivity index (χ2n) is 19.8. The van der Waals surface area contributed by atoms with E-state index in [4.69, 9.17) is 0 Å². The van der Waals surface area contributed by atoms with Crippen LogP contribution >= 0.6 is 0 Å². The summed E-state index contributed by atoms with van der Waals surface area (Å²) in [7, 11) is 0. The Hall–Kier alpha value is -6.72. The maximum absolute atomic E-state index is 11.9. The number of carbonyl (C=O) groups is 6. The number of hydrogen-bond acceptors (Lipinski definition) is 12. The van der Waals surface area contributed by atoms with Crippen LogP contribution in [-0.4, -0.2) is 34.7 Å². The van der Waals surface area contributed by atoms with E-state index in [9.17, 15) is 59.4 Å². The fraction of sp³-hybridized carbons (Fsp3) is 0.250. The van der Waals surface area contributed by atoms with Gasteiger partial charge in [0.25, 0.3) is 0 Å². The molecule has 0 fully saturated rings. The molecular weight excluding hydrogens is 1350 g/mol. The molecule has 2 radical (unpaired) electrons. The van der Waals surface area contributed by atoms with Crippen molar-refractivity contribution in [2.24, 2.45) is 0 Å². The van der Waals surface area contributed by atoms with Crippen LogP contribution in [0.25, 0.3) is 34.6 Å². The summed E-state index contributed by atoms with van der Waals surface area (Å²) in [5.41, 5.74) is 3.06. The van der Waals surface area contributed by atoms with Gasteiger partial charge in [-0.1, -0.05) is 255 Å². The van der Waals surface area contributed by atoms with Crippen LogP contribution in [0, 0.1) is 81.7 Å². The second-order valence-corrected chi connectivity index (χ2v) is 19.8. The Balaban J connectivity index is 0.000000435. The summed E-state index contributed by atoms with van der Waals surface area (Å²) < 4.78 is 0. The van der Waals surface area contributed by atoms with Crippen LogP contribution in [0.15, 0.2) is 218 Å². The summed E-state index contributed by atoms with van der Waals surface area (Å²) in [6.45, 7) is 0. The fourth-order valence-corrected chi connectivity index (χ4v) is 8.28. The average Bonchev–Trinajstić information content (AvgIpc) is 3.65. The molecule has 0 atom stereocenters. The zero-order valence-electron chi connectivity index (χ0n) is 48.4. The molecule has 6 aromatic carbocycles. The fourth-order valence-electron chi connectivity index (χ4n) is 8.28. The zero-order valence-corrected chi connectivity index (χ0v) is 54.8. The smallest absolute Gasteiger partial charge is 0.872 e. The van der Waals surface area contributed by atoms with Crippen LogP contribution in [-0.2, 0) is 28.8 Å². The van der Waals surface area contributed by atoms with Gasteiger partial charge in [0.2, 0.25) is 0 Å². The van der Waals surface area contributed by atoms with Crippen LogP contribution in [0.5, 0.6) is 0 Å². The third-order valence-electron chi connectivity index (χ3n) is 12.9. The van der Waals surface area contributed by atoms with Gasteiger partial charge in [-0.05, 0) is 108 Å². The van der Waals surface area contributed by atoms with E-state index in [-0.39, 0.29) is 151 Å². The molecule has 440 valence electrons. The standard InChI is InChI=1S/3C24H26O4.2Nd/c3*25-21(17-23(27)19-11-5-3-6-12-19)15-9-1-2-10-16-22(26)18-24(28)20-13-7-4-8-14-20;;/h3*3-8,11-14,17-18,27-28H,1-2,9-10,15-16H2;;/q;;;2*+3/p-6/b23-17-,24-18?;23-17-,24-18-;;;. The molecule has 12 nitrogen and oxygen atoms in total. The Kier molecular flexibility index (Phi) is 39.9. The molecule has 86 heavy (non-hydrogen) atoms. The molecule has 0 aliphatic carbocycles. The number of rotatable bonds is 33. The summed E-state index contributed by atoms with van der Waals surface area (Å²) >= 11 is 0. The van der Waals surface area contributed by atoms with Gasteiger partial charge in [0.15, 0.2) is 34.7 Å². The predicted molar refractivity (Wildman–Crippen MR) is 320 cm³/mol. The first kappa shape index (κ1) is 75.4. The van der Waals surface area contributed by atoms with Gasteiger partial charge in [-0.25, -0.2) is 0 Å². The Morgan fingerprint density at radius 1 is 0.209 bits per heavy atom. The van der Waals surface area contributed by atoms with Crippen molar-refractivity contribution in [1.82, 2.24) is 0 Å². The molecule has 0 aliphatic heterocycles. The van der Waals surface area contributed by atoms with Crippen molar-refractivity contribution in [2.75, 3.05) is 0 Å². The first-order chi connectivity index (χ1) is 40.7. The van der Waals surface area contributed by atoms with E-state index in [1.54, 1.807) is 146 Å². The van der Waals surface area contributed by atoms with Crippen molar-refractivity contribution in [3.8, 4) is 0 Å². The molecule has 0 saturated heterocycles. The van der Waals surface area contributed by atoms with Crippen molar-refractivity contribution in [3.05, 3.63) is 252 Å². The Morgan fingerprint density at radius 3 is 0.442 bits per heavy atom. The van der Waals surface area contributed by atoms with Crippen molar-refractivity contribution < 1.29 is 141 Å². The molecule has 0 bridgehead atoms. The summed E-state index contributed by atoms with van der Waals surface area (Å²) in [4.78, 5) is 71.1. The van der Waals surface area contributed by atoms with E-state index in [2.05, 4.69) is 0 Å². The van der Waals surface area contributed by atoms with Crippen LogP contribution in [0.1, 0.15) is 149 Å². The van der Waals surface area contributed by atoms with Gasteiger partial charge in [0.1, 0.15) is 0 Å². The zero-order chi connectivity index (χ0) is 60.6. The average molecular weight is 1420 g/mol. The van der Waals surface area contributed by atoms with Crippen LogP contribution in [0.4, 0.5) is 0 Å².